The zero-order valence-corrected chi connectivity index (χ0v) is 14.5. The Kier molecular flexibility index (Phi) is 5.30. The molecule has 1 heterocycles. The number of carbonyl (C=O) groups excluding carboxylic acids is 2. The Hall–Kier alpha value is -2.76. The lowest BCUT2D eigenvalue weighted by molar-refractivity contribution is -0.128. The van der Waals surface area contributed by atoms with Crippen LogP contribution in [-0.2, 0) is 17.9 Å². The van der Waals surface area contributed by atoms with Crippen LogP contribution in [0.4, 0.5) is 8.78 Å². The van der Waals surface area contributed by atoms with E-state index in [-0.39, 0.29) is 23.9 Å². The van der Waals surface area contributed by atoms with E-state index in [4.69, 9.17) is 0 Å². The van der Waals surface area contributed by atoms with Crippen LogP contribution < -0.4 is 0 Å². The van der Waals surface area contributed by atoms with Crippen molar-refractivity contribution in [3.8, 4) is 0 Å². The molecule has 4 nitrogen and oxygen atoms in total. The lowest BCUT2D eigenvalue weighted by Gasteiger charge is -2.19. The molecule has 3 rings (SSSR count). The van der Waals surface area contributed by atoms with Gasteiger partial charge in [0.1, 0.15) is 11.6 Å². The van der Waals surface area contributed by atoms with Crippen molar-refractivity contribution < 1.29 is 18.4 Å². The van der Waals surface area contributed by atoms with Gasteiger partial charge in [-0.1, -0.05) is 18.2 Å². The Labute approximate surface area is 151 Å². The number of hydrogen-bond donors (Lipinski definition) is 0. The van der Waals surface area contributed by atoms with E-state index in [1.807, 2.05) is 12.1 Å². The number of nitrogens with zero attached hydrogens (tertiary/aromatic N) is 2. The predicted molar refractivity (Wildman–Crippen MR) is 93.2 cm³/mol. The summed E-state index contributed by atoms with van der Waals surface area (Å²) in [5.41, 5.74) is 1.70. The first-order chi connectivity index (χ1) is 12.4. The van der Waals surface area contributed by atoms with Crippen molar-refractivity contribution in [1.82, 2.24) is 9.80 Å². The highest BCUT2D eigenvalue weighted by molar-refractivity contribution is 5.94. The second-order valence-electron chi connectivity index (χ2n) is 6.51. The molecule has 0 bridgehead atoms. The molecular formula is C20H20F2N2O2. The fraction of sp³-hybridized carbons (Fsp3) is 0.300. The maximum absolute atomic E-state index is 13.7. The van der Waals surface area contributed by atoms with Crippen LogP contribution in [0.15, 0.2) is 42.5 Å². The summed E-state index contributed by atoms with van der Waals surface area (Å²) < 4.78 is 26.7. The molecule has 0 spiro atoms. The standard InChI is InChI=1S/C20H20F2N2O2/c1-23(13-16-8-9-17(21)11-18(16)22)20(26)15-6-4-14(5-7-15)12-24-10-2-3-19(24)25/h4-9,11H,2-3,10,12-13H2,1H3. The zero-order chi connectivity index (χ0) is 18.7. The molecule has 0 radical (unpaired) electrons. The number of carbonyl (C=O) groups is 2. The maximum atomic E-state index is 13.7. The van der Waals surface area contributed by atoms with E-state index in [0.29, 0.717) is 18.5 Å². The summed E-state index contributed by atoms with van der Waals surface area (Å²) in [6.45, 7) is 1.37. The highest BCUT2D eigenvalue weighted by Crippen LogP contribution is 2.16. The zero-order valence-electron chi connectivity index (χ0n) is 14.5. The molecule has 0 unspecified atom stereocenters. The third kappa shape index (κ3) is 4.07. The quantitative estimate of drug-likeness (QED) is 0.822. The van der Waals surface area contributed by atoms with E-state index in [0.717, 1.165) is 24.6 Å². The molecule has 1 aliphatic rings. The monoisotopic (exact) mass is 358 g/mol. The Morgan fingerprint density at radius 2 is 1.88 bits per heavy atom. The van der Waals surface area contributed by atoms with Gasteiger partial charge in [0.05, 0.1) is 0 Å². The van der Waals surface area contributed by atoms with E-state index in [1.165, 1.54) is 17.0 Å². The molecule has 1 fully saturated rings. The average Bonchev–Trinajstić information content (AvgIpc) is 3.02. The van der Waals surface area contributed by atoms with Gasteiger partial charge in [-0.15, -0.1) is 0 Å². The van der Waals surface area contributed by atoms with Gasteiger partial charge in [-0.3, -0.25) is 9.59 Å². The van der Waals surface area contributed by atoms with Gasteiger partial charge in [-0.25, -0.2) is 8.78 Å². The topological polar surface area (TPSA) is 40.6 Å². The lowest BCUT2D eigenvalue weighted by Crippen LogP contribution is -2.27. The minimum absolute atomic E-state index is 0.0506. The van der Waals surface area contributed by atoms with E-state index in [2.05, 4.69) is 0 Å². The molecular weight excluding hydrogens is 338 g/mol. The van der Waals surface area contributed by atoms with E-state index in [1.54, 1.807) is 24.1 Å². The van der Waals surface area contributed by atoms with E-state index in [9.17, 15) is 18.4 Å². The summed E-state index contributed by atoms with van der Waals surface area (Å²) in [5, 5.41) is 0. The van der Waals surface area contributed by atoms with Crippen LogP contribution in [0.25, 0.3) is 0 Å². The summed E-state index contributed by atoms with van der Waals surface area (Å²) in [7, 11) is 1.57. The number of halogens is 2. The first-order valence-electron chi connectivity index (χ1n) is 8.50. The highest BCUT2D eigenvalue weighted by Gasteiger charge is 2.20. The van der Waals surface area contributed by atoms with Crippen LogP contribution >= 0.6 is 0 Å². The summed E-state index contributed by atoms with van der Waals surface area (Å²) in [6.07, 6.45) is 1.49. The van der Waals surface area contributed by atoms with Crippen molar-refractivity contribution in [1.29, 1.82) is 0 Å². The third-order valence-corrected chi connectivity index (χ3v) is 4.52. The van der Waals surface area contributed by atoms with Gasteiger partial charge in [0.2, 0.25) is 5.91 Å². The molecule has 0 aliphatic carbocycles. The molecule has 1 aliphatic heterocycles. The van der Waals surface area contributed by atoms with Gasteiger partial charge >= 0.3 is 0 Å². The van der Waals surface area contributed by atoms with E-state index < -0.39 is 11.6 Å². The normalized spacial score (nSPS) is 14.0. The van der Waals surface area contributed by atoms with Crippen molar-refractivity contribution in [3.05, 3.63) is 70.8 Å². The van der Waals surface area contributed by atoms with Crippen LogP contribution in [0, 0.1) is 11.6 Å². The molecule has 2 aromatic carbocycles. The highest BCUT2D eigenvalue weighted by atomic mass is 19.1. The van der Waals surface area contributed by atoms with Crippen molar-refractivity contribution in [2.45, 2.75) is 25.9 Å². The molecule has 1 saturated heterocycles. The molecule has 0 N–H and O–H groups in total. The average molecular weight is 358 g/mol. The van der Waals surface area contributed by atoms with Crippen molar-refractivity contribution in [3.63, 3.8) is 0 Å². The summed E-state index contributed by atoms with van der Waals surface area (Å²) in [6, 6.07) is 10.4. The molecule has 2 amide bonds. The largest absolute Gasteiger partial charge is 0.338 e. The van der Waals surface area contributed by atoms with Gasteiger partial charge < -0.3 is 9.80 Å². The van der Waals surface area contributed by atoms with Crippen LogP contribution in [-0.4, -0.2) is 35.2 Å². The fourth-order valence-electron chi connectivity index (χ4n) is 3.04. The molecule has 2 aromatic rings. The molecule has 26 heavy (non-hydrogen) atoms. The summed E-state index contributed by atoms with van der Waals surface area (Å²) >= 11 is 0. The van der Waals surface area contributed by atoms with Gasteiger partial charge in [0.15, 0.2) is 0 Å². The minimum Gasteiger partial charge on any atom is -0.338 e. The molecule has 0 saturated carbocycles. The summed E-state index contributed by atoms with van der Waals surface area (Å²) in [5.74, 6) is -1.41. The second kappa shape index (κ2) is 7.64. The minimum atomic E-state index is -0.671. The fourth-order valence-corrected chi connectivity index (χ4v) is 3.04. The lowest BCUT2D eigenvalue weighted by atomic mass is 10.1. The van der Waals surface area contributed by atoms with Gasteiger partial charge in [-0.2, -0.15) is 0 Å². The number of amides is 2. The summed E-state index contributed by atoms with van der Waals surface area (Å²) in [4.78, 5) is 27.4. The first kappa shape index (κ1) is 18.0. The number of rotatable bonds is 5. The Bertz CT molecular complexity index is 821. The van der Waals surface area contributed by atoms with E-state index >= 15 is 0 Å². The van der Waals surface area contributed by atoms with Crippen molar-refractivity contribution in [2.24, 2.45) is 0 Å². The second-order valence-corrected chi connectivity index (χ2v) is 6.51. The molecule has 0 atom stereocenters. The van der Waals surface area contributed by atoms with Gasteiger partial charge in [-0.05, 0) is 30.2 Å². The van der Waals surface area contributed by atoms with Crippen LogP contribution in [0.3, 0.4) is 0 Å². The number of hydrogen-bond acceptors (Lipinski definition) is 2. The first-order valence-corrected chi connectivity index (χ1v) is 8.50. The Morgan fingerprint density at radius 3 is 2.50 bits per heavy atom. The maximum Gasteiger partial charge on any atom is 0.253 e. The van der Waals surface area contributed by atoms with Gasteiger partial charge in [0, 0.05) is 50.3 Å². The SMILES string of the molecule is CN(Cc1ccc(F)cc1F)C(=O)c1ccc(CN2CCCC2=O)cc1. The van der Waals surface area contributed by atoms with Crippen LogP contribution in [0.5, 0.6) is 0 Å². The van der Waals surface area contributed by atoms with Crippen molar-refractivity contribution >= 4 is 11.8 Å². The van der Waals surface area contributed by atoms with Crippen molar-refractivity contribution in [2.75, 3.05) is 13.6 Å². The van der Waals surface area contributed by atoms with Crippen LogP contribution in [0.1, 0.15) is 34.3 Å². The Balaban J connectivity index is 1.64. The molecule has 0 aromatic heterocycles. The Morgan fingerprint density at radius 1 is 1.15 bits per heavy atom. The third-order valence-electron chi connectivity index (χ3n) is 4.52. The number of benzene rings is 2. The van der Waals surface area contributed by atoms with Gasteiger partial charge in [0.25, 0.3) is 5.91 Å². The van der Waals surface area contributed by atoms with Crippen LogP contribution in [0.2, 0.25) is 0 Å². The number of likely N-dealkylation sites (tertiary alicyclic amines) is 1. The predicted octanol–water partition coefficient (Wildman–Crippen LogP) is 3.36. The molecule has 136 valence electrons. The molecule has 6 heteroatoms. The smallest absolute Gasteiger partial charge is 0.253 e.